The second kappa shape index (κ2) is 6.55. The maximum Gasteiger partial charge on any atom is 0.251 e. The highest BCUT2D eigenvalue weighted by Gasteiger charge is 2.11. The summed E-state index contributed by atoms with van der Waals surface area (Å²) in [6.07, 6.45) is 0.380. The Kier molecular flexibility index (Phi) is 5.35. The molecule has 0 heterocycles. The highest BCUT2D eigenvalue weighted by Crippen LogP contribution is 2.11. The lowest BCUT2D eigenvalue weighted by atomic mass is 10.0. The molecule has 18 heavy (non-hydrogen) atoms. The van der Waals surface area contributed by atoms with E-state index in [1.807, 2.05) is 39.0 Å². The fraction of sp³-hybridized carbons (Fsp3) is 0.533. The Morgan fingerprint density at radius 3 is 2.56 bits per heavy atom. The first-order valence-corrected chi connectivity index (χ1v) is 6.43. The first-order valence-electron chi connectivity index (χ1n) is 6.43. The van der Waals surface area contributed by atoms with Gasteiger partial charge >= 0.3 is 0 Å². The monoisotopic (exact) mass is 249 g/mol. The van der Waals surface area contributed by atoms with E-state index >= 15 is 0 Å². The van der Waals surface area contributed by atoms with Crippen molar-refractivity contribution >= 4 is 5.91 Å². The molecule has 1 rings (SSSR count). The van der Waals surface area contributed by atoms with Crippen molar-refractivity contribution in [2.75, 3.05) is 6.54 Å². The van der Waals surface area contributed by atoms with Crippen LogP contribution in [0.3, 0.4) is 0 Å². The summed E-state index contributed by atoms with van der Waals surface area (Å²) in [4.78, 5) is 12.0. The Labute approximate surface area is 109 Å². The van der Waals surface area contributed by atoms with Crippen LogP contribution in [0.15, 0.2) is 18.2 Å². The van der Waals surface area contributed by atoms with Crippen LogP contribution in [-0.2, 0) is 0 Å². The largest absolute Gasteiger partial charge is 0.393 e. The number of aliphatic hydroxyl groups excluding tert-OH is 1. The molecule has 0 aromatic heterocycles. The van der Waals surface area contributed by atoms with Gasteiger partial charge in [-0.25, -0.2) is 0 Å². The molecule has 0 aliphatic heterocycles. The van der Waals surface area contributed by atoms with Crippen molar-refractivity contribution in [1.29, 1.82) is 0 Å². The van der Waals surface area contributed by atoms with Crippen LogP contribution in [0.2, 0.25) is 0 Å². The maximum atomic E-state index is 12.0. The molecule has 0 bridgehead atoms. The average molecular weight is 249 g/mol. The minimum Gasteiger partial charge on any atom is -0.393 e. The number of amides is 1. The van der Waals surface area contributed by atoms with Gasteiger partial charge in [0.25, 0.3) is 5.91 Å². The van der Waals surface area contributed by atoms with E-state index < -0.39 is 0 Å². The van der Waals surface area contributed by atoms with Crippen LogP contribution in [0.5, 0.6) is 0 Å². The third kappa shape index (κ3) is 4.49. The van der Waals surface area contributed by atoms with E-state index in [0.717, 1.165) is 16.7 Å². The van der Waals surface area contributed by atoms with E-state index in [1.165, 1.54) is 0 Å². The van der Waals surface area contributed by atoms with Crippen molar-refractivity contribution in [3.63, 3.8) is 0 Å². The summed E-state index contributed by atoms with van der Waals surface area (Å²) in [7, 11) is 0. The standard InChI is InChI=1S/C15H23NO2/c1-10-5-6-14(12(3)7-10)15(18)16-9-11(2)8-13(4)17/h5-7,11,13,17H,8-9H2,1-4H3,(H,16,18). The van der Waals surface area contributed by atoms with Gasteiger partial charge in [-0.2, -0.15) is 0 Å². The van der Waals surface area contributed by atoms with Gasteiger partial charge in [0.1, 0.15) is 0 Å². The molecule has 2 N–H and O–H groups in total. The average Bonchev–Trinajstić information content (AvgIpc) is 2.25. The van der Waals surface area contributed by atoms with E-state index in [1.54, 1.807) is 6.92 Å². The topological polar surface area (TPSA) is 49.3 Å². The summed E-state index contributed by atoms with van der Waals surface area (Å²) in [6, 6.07) is 5.81. The fourth-order valence-corrected chi connectivity index (χ4v) is 2.10. The van der Waals surface area contributed by atoms with Crippen LogP contribution in [0.25, 0.3) is 0 Å². The predicted molar refractivity (Wildman–Crippen MR) is 73.7 cm³/mol. The van der Waals surface area contributed by atoms with Crippen molar-refractivity contribution in [2.45, 2.75) is 40.2 Å². The lowest BCUT2D eigenvalue weighted by molar-refractivity contribution is 0.0939. The first kappa shape index (κ1) is 14.7. The Morgan fingerprint density at radius 2 is 2.00 bits per heavy atom. The number of benzene rings is 1. The summed E-state index contributed by atoms with van der Waals surface area (Å²) in [6.45, 7) is 8.34. The molecule has 0 fully saturated rings. The Morgan fingerprint density at radius 1 is 1.33 bits per heavy atom. The quantitative estimate of drug-likeness (QED) is 0.842. The lowest BCUT2D eigenvalue weighted by Gasteiger charge is -2.15. The molecule has 1 amide bonds. The SMILES string of the molecule is Cc1ccc(C(=O)NCC(C)CC(C)O)c(C)c1. The van der Waals surface area contributed by atoms with Gasteiger partial charge in [-0.1, -0.05) is 24.6 Å². The Bertz CT molecular complexity index is 413. The molecule has 100 valence electrons. The summed E-state index contributed by atoms with van der Waals surface area (Å²) in [5, 5.41) is 12.2. The predicted octanol–water partition coefficient (Wildman–Crippen LogP) is 2.44. The third-order valence-electron chi connectivity index (χ3n) is 2.98. The number of carbonyl (C=O) groups excluding carboxylic acids is 1. The molecule has 1 aromatic carbocycles. The van der Waals surface area contributed by atoms with Crippen molar-refractivity contribution in [3.05, 3.63) is 34.9 Å². The molecular formula is C15H23NO2. The smallest absolute Gasteiger partial charge is 0.251 e. The zero-order chi connectivity index (χ0) is 13.7. The van der Waals surface area contributed by atoms with Gasteiger partial charge in [0.05, 0.1) is 6.10 Å². The molecule has 0 aliphatic rings. The minimum absolute atomic E-state index is 0.0371. The van der Waals surface area contributed by atoms with Crippen molar-refractivity contribution in [3.8, 4) is 0 Å². The highest BCUT2D eigenvalue weighted by molar-refractivity contribution is 5.95. The van der Waals surface area contributed by atoms with Gasteiger partial charge in [0, 0.05) is 12.1 Å². The second-order valence-corrected chi connectivity index (χ2v) is 5.22. The van der Waals surface area contributed by atoms with E-state index in [9.17, 15) is 9.90 Å². The van der Waals surface area contributed by atoms with E-state index in [2.05, 4.69) is 5.32 Å². The molecule has 0 saturated carbocycles. The van der Waals surface area contributed by atoms with Gasteiger partial charge in [-0.3, -0.25) is 4.79 Å². The summed E-state index contributed by atoms with van der Waals surface area (Å²) in [5.41, 5.74) is 2.88. The number of hydrogen-bond acceptors (Lipinski definition) is 2. The van der Waals surface area contributed by atoms with E-state index in [4.69, 9.17) is 0 Å². The molecule has 1 aromatic rings. The van der Waals surface area contributed by atoms with E-state index in [0.29, 0.717) is 13.0 Å². The number of aryl methyl sites for hydroxylation is 2. The molecule has 3 nitrogen and oxygen atoms in total. The van der Waals surface area contributed by atoms with Crippen LogP contribution in [0, 0.1) is 19.8 Å². The van der Waals surface area contributed by atoms with Crippen LogP contribution in [0.4, 0.5) is 0 Å². The summed E-state index contributed by atoms with van der Waals surface area (Å²) >= 11 is 0. The van der Waals surface area contributed by atoms with Gasteiger partial charge in [-0.15, -0.1) is 0 Å². The number of aliphatic hydroxyl groups is 1. The summed E-state index contributed by atoms with van der Waals surface area (Å²) in [5.74, 6) is 0.240. The molecule has 0 aliphatic carbocycles. The molecule has 0 saturated heterocycles. The number of hydrogen-bond donors (Lipinski definition) is 2. The maximum absolute atomic E-state index is 12.0. The van der Waals surface area contributed by atoms with Crippen molar-refractivity contribution in [1.82, 2.24) is 5.32 Å². The van der Waals surface area contributed by atoms with Gasteiger partial charge in [0.2, 0.25) is 0 Å². The van der Waals surface area contributed by atoms with Crippen LogP contribution >= 0.6 is 0 Å². The second-order valence-electron chi connectivity index (χ2n) is 5.22. The fourth-order valence-electron chi connectivity index (χ4n) is 2.10. The first-order chi connectivity index (χ1) is 8.40. The van der Waals surface area contributed by atoms with Crippen molar-refractivity contribution in [2.24, 2.45) is 5.92 Å². The van der Waals surface area contributed by atoms with Crippen LogP contribution < -0.4 is 5.32 Å². The normalized spacial score (nSPS) is 14.1. The third-order valence-corrected chi connectivity index (χ3v) is 2.98. The zero-order valence-corrected chi connectivity index (χ0v) is 11.7. The molecule has 2 atom stereocenters. The van der Waals surface area contributed by atoms with Gasteiger partial charge in [-0.05, 0) is 44.7 Å². The number of nitrogens with one attached hydrogen (secondary N) is 1. The molecular weight excluding hydrogens is 226 g/mol. The summed E-state index contributed by atoms with van der Waals surface area (Å²) < 4.78 is 0. The number of carbonyl (C=O) groups is 1. The lowest BCUT2D eigenvalue weighted by Crippen LogP contribution is -2.30. The van der Waals surface area contributed by atoms with Crippen LogP contribution in [0.1, 0.15) is 41.8 Å². The zero-order valence-electron chi connectivity index (χ0n) is 11.7. The van der Waals surface area contributed by atoms with E-state index in [-0.39, 0.29) is 17.9 Å². The molecule has 2 unspecified atom stereocenters. The van der Waals surface area contributed by atoms with Crippen molar-refractivity contribution < 1.29 is 9.90 Å². The molecule has 0 radical (unpaired) electrons. The Hall–Kier alpha value is -1.35. The van der Waals surface area contributed by atoms with Crippen LogP contribution in [-0.4, -0.2) is 23.7 Å². The van der Waals surface area contributed by atoms with Gasteiger partial charge < -0.3 is 10.4 Å². The molecule has 0 spiro atoms. The highest BCUT2D eigenvalue weighted by atomic mass is 16.3. The number of rotatable bonds is 5. The molecule has 3 heteroatoms. The Balaban J connectivity index is 2.55. The van der Waals surface area contributed by atoms with Gasteiger partial charge in [0.15, 0.2) is 0 Å². The minimum atomic E-state index is -0.321.